The van der Waals surface area contributed by atoms with Gasteiger partial charge in [-0.1, -0.05) is 29.8 Å². The third kappa shape index (κ3) is 2.56. The molecule has 3 heteroatoms. The van der Waals surface area contributed by atoms with E-state index in [0.29, 0.717) is 6.04 Å². The van der Waals surface area contributed by atoms with Crippen LogP contribution < -0.4 is 5.32 Å². The molecule has 0 spiro atoms. The van der Waals surface area contributed by atoms with Crippen LogP contribution in [0.2, 0.25) is 0 Å². The molecule has 1 heterocycles. The molecule has 1 aromatic heterocycles. The van der Waals surface area contributed by atoms with Crippen molar-refractivity contribution in [2.75, 3.05) is 0 Å². The average Bonchev–Trinajstić information content (AvgIpc) is 2.79. The molecular formula is C16H21N3. The van der Waals surface area contributed by atoms with Crippen LogP contribution in [0, 0.1) is 6.92 Å². The summed E-state index contributed by atoms with van der Waals surface area (Å²) in [6.07, 6.45) is 5.65. The number of rotatable bonds is 3. The largest absolute Gasteiger partial charge is 0.306 e. The standard InChI is InChI=1S/C16H21N3/c1-12-5-3-6-13(9-12)10-17-15-7-4-8-16-14(15)11-18-19(16)2/h3,5-6,9,11,15,17H,4,7-8,10H2,1-2H3/t15-/m1/s1. The van der Waals surface area contributed by atoms with Gasteiger partial charge in [-0.2, -0.15) is 5.10 Å². The van der Waals surface area contributed by atoms with Crippen molar-refractivity contribution < 1.29 is 0 Å². The Morgan fingerprint density at radius 1 is 1.42 bits per heavy atom. The zero-order valence-electron chi connectivity index (χ0n) is 11.7. The van der Waals surface area contributed by atoms with Gasteiger partial charge in [0.25, 0.3) is 0 Å². The Morgan fingerprint density at radius 3 is 3.16 bits per heavy atom. The first-order chi connectivity index (χ1) is 9.24. The van der Waals surface area contributed by atoms with Crippen molar-refractivity contribution in [3.63, 3.8) is 0 Å². The fourth-order valence-electron chi connectivity index (χ4n) is 2.98. The molecule has 0 saturated heterocycles. The highest BCUT2D eigenvalue weighted by Gasteiger charge is 2.22. The molecular weight excluding hydrogens is 234 g/mol. The first-order valence-electron chi connectivity index (χ1n) is 7.04. The van der Waals surface area contributed by atoms with Crippen molar-refractivity contribution in [2.24, 2.45) is 7.05 Å². The van der Waals surface area contributed by atoms with Gasteiger partial charge in [0.05, 0.1) is 6.20 Å². The maximum atomic E-state index is 4.39. The van der Waals surface area contributed by atoms with Crippen LogP contribution in [0.5, 0.6) is 0 Å². The maximum Gasteiger partial charge on any atom is 0.0540 e. The summed E-state index contributed by atoms with van der Waals surface area (Å²) in [6, 6.07) is 9.16. The quantitative estimate of drug-likeness (QED) is 0.914. The second kappa shape index (κ2) is 5.17. The number of nitrogens with one attached hydrogen (secondary N) is 1. The summed E-state index contributed by atoms with van der Waals surface area (Å²) in [4.78, 5) is 0. The Balaban J connectivity index is 1.71. The summed E-state index contributed by atoms with van der Waals surface area (Å²) in [5.41, 5.74) is 5.47. The number of nitrogens with zero attached hydrogens (tertiary/aromatic N) is 2. The lowest BCUT2D eigenvalue weighted by Crippen LogP contribution is -2.24. The lowest BCUT2D eigenvalue weighted by molar-refractivity contribution is 0.452. The van der Waals surface area contributed by atoms with Crippen molar-refractivity contribution in [3.8, 4) is 0 Å². The van der Waals surface area contributed by atoms with E-state index in [9.17, 15) is 0 Å². The average molecular weight is 255 g/mol. The van der Waals surface area contributed by atoms with Crippen molar-refractivity contribution in [2.45, 2.75) is 38.8 Å². The highest BCUT2D eigenvalue weighted by molar-refractivity contribution is 5.26. The minimum absolute atomic E-state index is 0.456. The summed E-state index contributed by atoms with van der Waals surface area (Å²) in [6.45, 7) is 3.07. The summed E-state index contributed by atoms with van der Waals surface area (Å²) in [5.74, 6) is 0. The van der Waals surface area contributed by atoms with Crippen LogP contribution in [-0.4, -0.2) is 9.78 Å². The lowest BCUT2D eigenvalue weighted by atomic mass is 9.93. The van der Waals surface area contributed by atoms with Gasteiger partial charge in [0.2, 0.25) is 0 Å². The fourth-order valence-corrected chi connectivity index (χ4v) is 2.98. The normalized spacial score (nSPS) is 18.3. The van der Waals surface area contributed by atoms with Crippen LogP contribution in [0.15, 0.2) is 30.5 Å². The number of hydrogen-bond donors (Lipinski definition) is 1. The van der Waals surface area contributed by atoms with Crippen molar-refractivity contribution >= 4 is 0 Å². The van der Waals surface area contributed by atoms with Gasteiger partial charge in [-0.05, 0) is 31.7 Å². The highest BCUT2D eigenvalue weighted by Crippen LogP contribution is 2.29. The van der Waals surface area contributed by atoms with E-state index in [1.165, 1.54) is 35.2 Å². The van der Waals surface area contributed by atoms with Crippen LogP contribution in [0.25, 0.3) is 0 Å². The fraction of sp³-hybridized carbons (Fsp3) is 0.438. The Kier molecular flexibility index (Phi) is 3.38. The van der Waals surface area contributed by atoms with E-state index in [4.69, 9.17) is 0 Å². The first kappa shape index (κ1) is 12.4. The minimum atomic E-state index is 0.456. The van der Waals surface area contributed by atoms with Gasteiger partial charge in [-0.3, -0.25) is 4.68 Å². The van der Waals surface area contributed by atoms with Gasteiger partial charge in [-0.15, -0.1) is 0 Å². The zero-order valence-corrected chi connectivity index (χ0v) is 11.7. The third-order valence-electron chi connectivity index (χ3n) is 4.01. The molecule has 2 aromatic rings. The molecule has 0 fully saturated rings. The minimum Gasteiger partial charge on any atom is -0.306 e. The van der Waals surface area contributed by atoms with Gasteiger partial charge in [0.15, 0.2) is 0 Å². The van der Waals surface area contributed by atoms with E-state index in [0.717, 1.165) is 13.0 Å². The van der Waals surface area contributed by atoms with Crippen LogP contribution in [0.1, 0.15) is 41.3 Å². The summed E-state index contributed by atoms with van der Waals surface area (Å²) in [7, 11) is 2.04. The number of aromatic nitrogens is 2. The molecule has 1 N–H and O–H groups in total. The predicted molar refractivity (Wildman–Crippen MR) is 76.9 cm³/mol. The molecule has 0 amide bonds. The van der Waals surface area contributed by atoms with E-state index in [2.05, 4.69) is 41.6 Å². The van der Waals surface area contributed by atoms with Gasteiger partial charge < -0.3 is 5.32 Å². The lowest BCUT2D eigenvalue weighted by Gasteiger charge is -2.24. The van der Waals surface area contributed by atoms with E-state index in [1.54, 1.807) is 0 Å². The van der Waals surface area contributed by atoms with Gasteiger partial charge in [0, 0.05) is 30.9 Å². The summed E-state index contributed by atoms with van der Waals surface area (Å²) in [5, 5.41) is 8.08. The van der Waals surface area contributed by atoms with E-state index in [-0.39, 0.29) is 0 Å². The first-order valence-corrected chi connectivity index (χ1v) is 7.04. The van der Waals surface area contributed by atoms with Crippen molar-refractivity contribution in [1.29, 1.82) is 0 Å². The SMILES string of the molecule is Cc1cccc(CN[C@@H]2CCCc3c2cnn3C)c1. The number of fused-ring (bicyclic) bond motifs is 1. The second-order valence-corrected chi connectivity index (χ2v) is 5.48. The molecule has 1 aliphatic carbocycles. The Bertz CT molecular complexity index is 571. The molecule has 3 rings (SSSR count). The Morgan fingerprint density at radius 2 is 2.32 bits per heavy atom. The molecule has 0 bridgehead atoms. The molecule has 100 valence electrons. The van der Waals surface area contributed by atoms with Crippen LogP contribution in [0.4, 0.5) is 0 Å². The molecule has 3 nitrogen and oxygen atoms in total. The van der Waals surface area contributed by atoms with Crippen LogP contribution in [-0.2, 0) is 20.0 Å². The smallest absolute Gasteiger partial charge is 0.0540 e. The van der Waals surface area contributed by atoms with E-state index >= 15 is 0 Å². The molecule has 19 heavy (non-hydrogen) atoms. The maximum absolute atomic E-state index is 4.39. The predicted octanol–water partition coefficient (Wildman–Crippen LogP) is 2.90. The number of benzene rings is 1. The Labute approximate surface area is 114 Å². The second-order valence-electron chi connectivity index (χ2n) is 5.48. The third-order valence-corrected chi connectivity index (χ3v) is 4.01. The van der Waals surface area contributed by atoms with Crippen LogP contribution in [0.3, 0.4) is 0 Å². The topological polar surface area (TPSA) is 29.9 Å². The van der Waals surface area contributed by atoms with Crippen molar-refractivity contribution in [1.82, 2.24) is 15.1 Å². The van der Waals surface area contributed by atoms with Gasteiger partial charge in [0.1, 0.15) is 0 Å². The van der Waals surface area contributed by atoms with Crippen molar-refractivity contribution in [3.05, 3.63) is 52.8 Å². The molecule has 0 unspecified atom stereocenters. The molecule has 0 radical (unpaired) electrons. The molecule has 0 aliphatic heterocycles. The summed E-state index contributed by atoms with van der Waals surface area (Å²) < 4.78 is 2.02. The van der Waals surface area contributed by atoms with Crippen LogP contribution >= 0.6 is 0 Å². The van der Waals surface area contributed by atoms with E-state index in [1.807, 2.05) is 17.9 Å². The molecule has 1 aliphatic rings. The number of hydrogen-bond acceptors (Lipinski definition) is 2. The van der Waals surface area contributed by atoms with Gasteiger partial charge in [-0.25, -0.2) is 0 Å². The van der Waals surface area contributed by atoms with E-state index < -0.39 is 0 Å². The molecule has 0 saturated carbocycles. The monoisotopic (exact) mass is 255 g/mol. The molecule has 1 atom stereocenters. The summed E-state index contributed by atoms with van der Waals surface area (Å²) >= 11 is 0. The van der Waals surface area contributed by atoms with Gasteiger partial charge >= 0.3 is 0 Å². The number of aryl methyl sites for hydroxylation is 2. The zero-order chi connectivity index (χ0) is 13.2. The highest BCUT2D eigenvalue weighted by atomic mass is 15.3. The Hall–Kier alpha value is -1.61. The molecule has 1 aromatic carbocycles.